The van der Waals surface area contributed by atoms with Crippen LogP contribution in [0.25, 0.3) is 0 Å². The fraction of sp³-hybridized carbons (Fsp3) is 0.292. The van der Waals surface area contributed by atoms with Crippen molar-refractivity contribution < 1.29 is 4.79 Å². The van der Waals surface area contributed by atoms with Crippen LogP contribution in [0.2, 0.25) is 5.02 Å². The largest absolute Gasteiger partial charge is 0.373 e. The lowest BCUT2D eigenvalue weighted by Gasteiger charge is -2.33. The monoisotopic (exact) mass is 433 g/mol. The van der Waals surface area contributed by atoms with E-state index in [0.717, 1.165) is 55.2 Å². The summed E-state index contributed by atoms with van der Waals surface area (Å²) in [7, 11) is 0. The van der Waals surface area contributed by atoms with E-state index in [2.05, 4.69) is 16.7 Å². The molecule has 2 aromatic carbocycles. The summed E-state index contributed by atoms with van der Waals surface area (Å²) in [4.78, 5) is 29.2. The first-order valence-corrected chi connectivity index (χ1v) is 11.0. The van der Waals surface area contributed by atoms with Crippen LogP contribution >= 0.6 is 11.6 Å². The third-order valence-electron chi connectivity index (χ3n) is 5.97. The molecule has 3 heterocycles. The number of hydrogen-bond donors (Lipinski definition) is 0. The maximum absolute atomic E-state index is 13.4. The number of benzene rings is 2. The second kappa shape index (κ2) is 8.29. The molecule has 0 saturated carbocycles. The summed E-state index contributed by atoms with van der Waals surface area (Å²) in [6, 6.07) is 15.6. The molecule has 6 nitrogen and oxygen atoms in total. The second-order valence-electron chi connectivity index (χ2n) is 7.85. The van der Waals surface area contributed by atoms with Crippen molar-refractivity contribution in [3.05, 3.63) is 76.6 Å². The van der Waals surface area contributed by atoms with Gasteiger partial charge in [-0.05, 0) is 24.7 Å². The summed E-state index contributed by atoms with van der Waals surface area (Å²) < 4.78 is 0. The van der Waals surface area contributed by atoms with Crippen LogP contribution in [0.3, 0.4) is 0 Å². The van der Waals surface area contributed by atoms with Gasteiger partial charge in [-0.2, -0.15) is 0 Å². The molecule has 0 bridgehead atoms. The van der Waals surface area contributed by atoms with Crippen LogP contribution in [0.15, 0.2) is 70.4 Å². The molecule has 7 heteroatoms. The van der Waals surface area contributed by atoms with E-state index in [4.69, 9.17) is 21.6 Å². The van der Waals surface area contributed by atoms with E-state index >= 15 is 0 Å². The Labute approximate surface area is 187 Å². The number of amidine groups is 1. The summed E-state index contributed by atoms with van der Waals surface area (Å²) in [6.45, 7) is 7.37. The maximum atomic E-state index is 13.4. The molecule has 0 atom stereocenters. The Morgan fingerprint density at radius 1 is 1.06 bits per heavy atom. The zero-order valence-corrected chi connectivity index (χ0v) is 18.2. The van der Waals surface area contributed by atoms with Gasteiger partial charge in [-0.15, -0.1) is 0 Å². The number of anilines is 1. The Balaban J connectivity index is 1.52. The molecule has 3 aliphatic rings. The van der Waals surface area contributed by atoms with Gasteiger partial charge < -0.3 is 9.80 Å². The number of halogens is 1. The molecular formula is C24H24ClN5O. The summed E-state index contributed by atoms with van der Waals surface area (Å²) >= 11 is 6.33. The highest BCUT2D eigenvalue weighted by molar-refractivity contribution is 6.34. The third-order valence-corrected chi connectivity index (χ3v) is 6.20. The normalized spacial score (nSPS) is 20.3. The highest BCUT2D eigenvalue weighted by Gasteiger charge is 2.36. The van der Waals surface area contributed by atoms with Gasteiger partial charge in [-0.3, -0.25) is 14.7 Å². The van der Waals surface area contributed by atoms with Crippen molar-refractivity contribution in [1.82, 2.24) is 9.80 Å². The molecule has 0 N–H and O–H groups in total. The van der Waals surface area contributed by atoms with Crippen molar-refractivity contribution in [2.24, 2.45) is 9.98 Å². The first kappa shape index (κ1) is 20.0. The molecule has 0 spiro atoms. The highest BCUT2D eigenvalue weighted by atomic mass is 35.5. The SMILES string of the molecule is CCN1CCN(/C=C2\N=C3CN=C(c4ccccc4)c4cc(Cl)ccc4N3C2=O)CC1. The Morgan fingerprint density at radius 2 is 1.84 bits per heavy atom. The smallest absolute Gasteiger partial charge is 0.284 e. The van der Waals surface area contributed by atoms with E-state index in [9.17, 15) is 4.79 Å². The molecule has 158 valence electrons. The van der Waals surface area contributed by atoms with E-state index in [1.165, 1.54) is 0 Å². The van der Waals surface area contributed by atoms with Crippen LogP contribution in [0.5, 0.6) is 0 Å². The summed E-state index contributed by atoms with van der Waals surface area (Å²) in [6.07, 6.45) is 1.91. The fourth-order valence-corrected chi connectivity index (χ4v) is 4.43. The van der Waals surface area contributed by atoms with Crippen molar-refractivity contribution >= 4 is 34.7 Å². The number of piperazine rings is 1. The van der Waals surface area contributed by atoms with Crippen molar-refractivity contribution in [1.29, 1.82) is 0 Å². The number of carbonyl (C=O) groups excluding carboxylic acids is 1. The minimum absolute atomic E-state index is 0.110. The van der Waals surface area contributed by atoms with Gasteiger partial charge in [0.15, 0.2) is 0 Å². The lowest BCUT2D eigenvalue weighted by molar-refractivity contribution is -0.114. The number of amides is 1. The van der Waals surface area contributed by atoms with E-state index in [0.29, 0.717) is 23.1 Å². The Hall–Kier alpha value is -2.96. The third kappa shape index (κ3) is 3.77. The van der Waals surface area contributed by atoms with E-state index in [1.54, 1.807) is 4.90 Å². The minimum Gasteiger partial charge on any atom is -0.373 e. The van der Waals surface area contributed by atoms with Gasteiger partial charge in [0.25, 0.3) is 5.91 Å². The lowest BCUT2D eigenvalue weighted by atomic mass is 10.00. The number of carbonyl (C=O) groups is 1. The predicted octanol–water partition coefficient (Wildman–Crippen LogP) is 3.42. The van der Waals surface area contributed by atoms with Crippen LogP contribution in [0.1, 0.15) is 18.1 Å². The van der Waals surface area contributed by atoms with Crippen LogP contribution in [-0.2, 0) is 4.79 Å². The predicted molar refractivity (Wildman–Crippen MR) is 125 cm³/mol. The van der Waals surface area contributed by atoms with Gasteiger partial charge in [0, 0.05) is 48.5 Å². The Morgan fingerprint density at radius 3 is 2.58 bits per heavy atom. The molecule has 0 radical (unpaired) electrons. The molecule has 31 heavy (non-hydrogen) atoms. The molecule has 5 rings (SSSR count). The van der Waals surface area contributed by atoms with E-state index < -0.39 is 0 Å². The van der Waals surface area contributed by atoms with Crippen LogP contribution < -0.4 is 4.90 Å². The zero-order valence-electron chi connectivity index (χ0n) is 17.5. The molecule has 0 aromatic heterocycles. The average molecular weight is 434 g/mol. The second-order valence-corrected chi connectivity index (χ2v) is 8.28. The first-order valence-electron chi connectivity index (χ1n) is 10.6. The summed E-state index contributed by atoms with van der Waals surface area (Å²) in [5.41, 5.74) is 3.90. The molecular weight excluding hydrogens is 410 g/mol. The first-order chi connectivity index (χ1) is 15.1. The quantitative estimate of drug-likeness (QED) is 0.697. The van der Waals surface area contributed by atoms with Gasteiger partial charge >= 0.3 is 0 Å². The average Bonchev–Trinajstić information content (AvgIpc) is 3.00. The lowest BCUT2D eigenvalue weighted by Crippen LogP contribution is -2.44. The van der Waals surface area contributed by atoms with E-state index in [1.807, 2.05) is 54.7 Å². The minimum atomic E-state index is -0.110. The molecule has 0 unspecified atom stereocenters. The number of fused-ring (bicyclic) bond motifs is 3. The summed E-state index contributed by atoms with van der Waals surface area (Å²) in [5.74, 6) is 0.541. The Kier molecular flexibility index (Phi) is 5.34. The standard InChI is InChI=1S/C24H24ClN5O/c1-2-28-10-12-29(13-11-28)16-20-24(31)30-21-9-8-18(25)14-19(21)23(26-15-22(30)27-20)17-6-4-3-5-7-17/h3-9,14,16H,2,10-13,15H2,1H3/b20-16-. The van der Waals surface area contributed by atoms with Gasteiger partial charge in [0.05, 0.1) is 17.9 Å². The van der Waals surface area contributed by atoms with Crippen molar-refractivity contribution in [2.45, 2.75) is 6.92 Å². The van der Waals surface area contributed by atoms with Gasteiger partial charge in [0.2, 0.25) is 0 Å². The van der Waals surface area contributed by atoms with Gasteiger partial charge in [-0.25, -0.2) is 4.99 Å². The molecule has 1 saturated heterocycles. The maximum Gasteiger partial charge on any atom is 0.284 e. The summed E-state index contributed by atoms with van der Waals surface area (Å²) in [5, 5.41) is 0.610. The molecule has 0 aliphatic carbocycles. The number of likely N-dealkylation sites (N-methyl/N-ethyl adjacent to an activating group) is 1. The number of rotatable bonds is 3. The molecule has 1 fully saturated rings. The highest BCUT2D eigenvalue weighted by Crippen LogP contribution is 2.33. The van der Waals surface area contributed by atoms with Gasteiger partial charge in [0.1, 0.15) is 11.5 Å². The number of aliphatic imine (C=N–C) groups is 2. The zero-order chi connectivity index (χ0) is 21.4. The van der Waals surface area contributed by atoms with Crippen molar-refractivity contribution in [3.63, 3.8) is 0 Å². The van der Waals surface area contributed by atoms with Crippen molar-refractivity contribution in [2.75, 3.05) is 44.2 Å². The molecule has 3 aliphatic heterocycles. The van der Waals surface area contributed by atoms with Crippen LogP contribution in [0.4, 0.5) is 5.69 Å². The van der Waals surface area contributed by atoms with E-state index in [-0.39, 0.29) is 5.91 Å². The topological polar surface area (TPSA) is 51.5 Å². The van der Waals surface area contributed by atoms with Crippen LogP contribution in [-0.4, -0.2) is 66.5 Å². The molecule has 2 aromatic rings. The number of hydrogen-bond acceptors (Lipinski definition) is 5. The Bertz CT molecular complexity index is 1100. The van der Waals surface area contributed by atoms with Crippen molar-refractivity contribution in [3.8, 4) is 0 Å². The van der Waals surface area contributed by atoms with Gasteiger partial charge in [-0.1, -0.05) is 48.9 Å². The fourth-order valence-electron chi connectivity index (χ4n) is 4.26. The van der Waals surface area contributed by atoms with Crippen LogP contribution in [0, 0.1) is 0 Å². The molecule has 1 amide bonds. The number of nitrogens with zero attached hydrogens (tertiary/aromatic N) is 5.